The van der Waals surface area contributed by atoms with Crippen molar-refractivity contribution in [3.8, 4) is 22.6 Å². The lowest BCUT2D eigenvalue weighted by Crippen LogP contribution is -2.73. The van der Waals surface area contributed by atoms with Gasteiger partial charge in [-0.05, 0) is 105 Å². The van der Waals surface area contributed by atoms with E-state index < -0.39 is 11.0 Å². The number of phenols is 1. The van der Waals surface area contributed by atoms with Gasteiger partial charge >= 0.3 is 0 Å². The summed E-state index contributed by atoms with van der Waals surface area (Å²) in [6, 6.07) is 20.0. The molecule has 4 aliphatic rings. The molecule has 3 aromatic rings. The van der Waals surface area contributed by atoms with Crippen LogP contribution in [-0.2, 0) is 23.1 Å². The molecule has 0 radical (unpaired) electrons. The van der Waals surface area contributed by atoms with Crippen LogP contribution in [0.3, 0.4) is 0 Å². The Kier molecular flexibility index (Phi) is 7.73. The molecular formula is C38H44N2O5. The number of likely N-dealkylation sites (tertiary alicyclic amines) is 1. The lowest BCUT2D eigenvalue weighted by molar-refractivity contribution is -0.173. The van der Waals surface area contributed by atoms with Crippen molar-refractivity contribution in [2.24, 2.45) is 5.92 Å². The number of ketones is 1. The normalized spacial score (nSPS) is 25.9. The van der Waals surface area contributed by atoms with E-state index in [-0.39, 0.29) is 41.6 Å². The van der Waals surface area contributed by atoms with Gasteiger partial charge in [0, 0.05) is 43.0 Å². The summed E-state index contributed by atoms with van der Waals surface area (Å²) in [4.78, 5) is 28.8. The number of ether oxygens (including phenoxy) is 1. The van der Waals surface area contributed by atoms with Crippen molar-refractivity contribution in [3.63, 3.8) is 0 Å². The molecular weight excluding hydrogens is 564 g/mol. The van der Waals surface area contributed by atoms with Crippen LogP contribution in [0.15, 0.2) is 60.7 Å². The lowest BCUT2D eigenvalue weighted by atomic mass is 9.49. The number of rotatable bonds is 9. The third-order valence-electron chi connectivity index (χ3n) is 10.7. The van der Waals surface area contributed by atoms with Gasteiger partial charge < -0.3 is 20.3 Å². The Morgan fingerprint density at radius 3 is 2.42 bits per heavy atom. The average molecular weight is 609 g/mol. The number of piperidine rings is 1. The van der Waals surface area contributed by atoms with E-state index in [0.29, 0.717) is 50.1 Å². The molecule has 236 valence electrons. The molecule has 45 heavy (non-hydrogen) atoms. The third-order valence-corrected chi connectivity index (χ3v) is 10.7. The van der Waals surface area contributed by atoms with Crippen LogP contribution in [0.5, 0.6) is 11.5 Å². The number of phenolic OH excluding ortho intramolecular Hbond substituents is 1. The maximum Gasteiger partial charge on any atom is 0.255 e. The van der Waals surface area contributed by atoms with Crippen LogP contribution in [0.2, 0.25) is 0 Å². The van der Waals surface area contributed by atoms with Crippen molar-refractivity contribution in [1.29, 1.82) is 0 Å². The van der Waals surface area contributed by atoms with E-state index in [9.17, 15) is 19.8 Å². The van der Waals surface area contributed by atoms with Crippen molar-refractivity contribution in [3.05, 3.63) is 82.9 Å². The minimum Gasteiger partial charge on any atom is -0.507 e. The number of hydrogen-bond acceptors (Lipinski definition) is 6. The van der Waals surface area contributed by atoms with Crippen molar-refractivity contribution < 1.29 is 24.5 Å². The Morgan fingerprint density at radius 1 is 1.02 bits per heavy atom. The number of hydrogen-bond donors (Lipinski definition) is 3. The van der Waals surface area contributed by atoms with E-state index in [1.807, 2.05) is 32.0 Å². The summed E-state index contributed by atoms with van der Waals surface area (Å²) >= 11 is 0. The molecule has 7 heteroatoms. The first-order valence-corrected chi connectivity index (χ1v) is 16.6. The smallest absolute Gasteiger partial charge is 0.255 e. The number of carbonyl (C=O) groups is 2. The first-order valence-electron chi connectivity index (χ1n) is 16.6. The second kappa shape index (κ2) is 11.6. The molecule has 3 aromatic carbocycles. The van der Waals surface area contributed by atoms with Gasteiger partial charge in [-0.25, -0.2) is 0 Å². The van der Waals surface area contributed by atoms with Gasteiger partial charge in [0.05, 0.1) is 17.3 Å². The zero-order valence-corrected chi connectivity index (χ0v) is 26.4. The number of aliphatic hydroxyl groups is 1. The number of nitrogens with zero attached hydrogens (tertiary/aromatic N) is 1. The summed E-state index contributed by atoms with van der Waals surface area (Å²) in [7, 11) is 0. The Hall–Kier alpha value is -3.68. The molecule has 0 aromatic heterocycles. The van der Waals surface area contributed by atoms with Crippen LogP contribution in [0.4, 0.5) is 0 Å². The Bertz CT molecular complexity index is 1600. The fraction of sp³-hybridized carbons (Fsp3) is 0.474. The van der Waals surface area contributed by atoms with Crippen LogP contribution in [-0.4, -0.2) is 64.2 Å². The van der Waals surface area contributed by atoms with E-state index in [1.165, 1.54) is 12.8 Å². The molecule has 1 heterocycles. The van der Waals surface area contributed by atoms with Crippen molar-refractivity contribution in [2.45, 2.75) is 88.4 Å². The van der Waals surface area contributed by atoms with Gasteiger partial charge in [-0.1, -0.05) is 42.5 Å². The zero-order valence-electron chi connectivity index (χ0n) is 26.4. The molecule has 1 saturated heterocycles. The predicted octanol–water partition coefficient (Wildman–Crippen LogP) is 5.58. The fourth-order valence-electron chi connectivity index (χ4n) is 8.31. The predicted molar refractivity (Wildman–Crippen MR) is 174 cm³/mol. The topological polar surface area (TPSA) is 99.1 Å². The van der Waals surface area contributed by atoms with Gasteiger partial charge in [0.25, 0.3) is 5.91 Å². The van der Waals surface area contributed by atoms with Gasteiger partial charge in [-0.2, -0.15) is 0 Å². The summed E-state index contributed by atoms with van der Waals surface area (Å²) in [5.41, 5.74) is 3.17. The highest BCUT2D eigenvalue weighted by atomic mass is 16.5. The van der Waals surface area contributed by atoms with Crippen LogP contribution >= 0.6 is 0 Å². The van der Waals surface area contributed by atoms with Gasteiger partial charge in [-0.3, -0.25) is 14.5 Å². The molecule has 7 rings (SSSR count). The molecule has 3 aliphatic carbocycles. The summed E-state index contributed by atoms with van der Waals surface area (Å²) < 4.78 is 5.74. The van der Waals surface area contributed by atoms with Crippen LogP contribution in [0.1, 0.15) is 79.4 Å². The number of aromatic hydroxyl groups is 1. The first-order chi connectivity index (χ1) is 21.7. The molecule has 0 spiro atoms. The van der Waals surface area contributed by atoms with E-state index in [2.05, 4.69) is 46.6 Å². The summed E-state index contributed by atoms with van der Waals surface area (Å²) in [5, 5.41) is 27.1. The van der Waals surface area contributed by atoms with Crippen molar-refractivity contribution >= 4 is 11.7 Å². The minimum absolute atomic E-state index is 0.0682. The molecule has 7 nitrogen and oxygen atoms in total. The second-order valence-electron chi connectivity index (χ2n) is 14.0. The Labute approximate surface area is 265 Å². The molecule has 3 atom stereocenters. The van der Waals surface area contributed by atoms with Gasteiger partial charge in [0.1, 0.15) is 17.3 Å². The molecule has 3 unspecified atom stereocenters. The summed E-state index contributed by atoms with van der Waals surface area (Å²) in [6.45, 7) is 6.22. The van der Waals surface area contributed by atoms with Crippen molar-refractivity contribution in [2.75, 3.05) is 19.6 Å². The molecule has 3 fully saturated rings. The summed E-state index contributed by atoms with van der Waals surface area (Å²) in [5.74, 6) is 1.27. The minimum atomic E-state index is -1.09. The largest absolute Gasteiger partial charge is 0.507 e. The SMILES string of the molecule is CC(C)Oc1ccc(-c2ccc(CCNC(=O)c3ccc4c(c3O)C35CCN(CC6CC6)C(C4)C3(O)CCC(=O)C5)cc2)cc1. The summed E-state index contributed by atoms with van der Waals surface area (Å²) in [6.07, 6.45) is 5.49. The van der Waals surface area contributed by atoms with E-state index in [1.54, 1.807) is 6.07 Å². The third kappa shape index (κ3) is 5.44. The molecule has 1 aliphatic heterocycles. The number of nitrogens with one attached hydrogen (secondary N) is 1. The maximum absolute atomic E-state index is 13.4. The van der Waals surface area contributed by atoms with Gasteiger partial charge in [-0.15, -0.1) is 0 Å². The Balaban J connectivity index is 1.05. The van der Waals surface area contributed by atoms with Crippen molar-refractivity contribution in [1.82, 2.24) is 10.2 Å². The average Bonchev–Trinajstić information content (AvgIpc) is 3.83. The first kappa shape index (κ1) is 30.0. The molecule has 2 saturated carbocycles. The standard InChI is InChI=1S/C38H44N2O5/c1-24(2)45-31-12-9-28(10-13-31)27-7-5-25(6-8-27)16-19-39-36(43)32-14-11-29-21-33-38(44)17-15-30(41)22-37(38,34(29)35(32)42)18-20-40(33)23-26-3-4-26/h5-14,24,26,33,42,44H,3-4,15-23H2,1-2H3,(H,39,43). The highest BCUT2D eigenvalue weighted by Crippen LogP contribution is 2.60. The van der Waals surface area contributed by atoms with Crippen LogP contribution in [0, 0.1) is 5.92 Å². The Morgan fingerprint density at radius 2 is 1.73 bits per heavy atom. The molecule has 3 N–H and O–H groups in total. The lowest BCUT2D eigenvalue weighted by Gasteiger charge is -2.63. The van der Waals surface area contributed by atoms with Crippen LogP contribution in [0.25, 0.3) is 11.1 Å². The molecule has 2 bridgehead atoms. The number of amides is 1. The second-order valence-corrected chi connectivity index (χ2v) is 14.0. The number of Topliss-reactive ketones (excluding diaryl/α,β-unsaturated/α-hetero) is 1. The van der Waals surface area contributed by atoms with E-state index in [4.69, 9.17) is 4.74 Å². The molecule has 1 amide bonds. The maximum atomic E-state index is 13.4. The number of benzene rings is 3. The highest BCUT2D eigenvalue weighted by molar-refractivity contribution is 5.98. The van der Waals surface area contributed by atoms with E-state index in [0.717, 1.165) is 41.1 Å². The number of fused-ring (bicyclic) bond motifs is 1. The fourth-order valence-corrected chi connectivity index (χ4v) is 8.31. The zero-order chi connectivity index (χ0) is 31.3. The quantitative estimate of drug-likeness (QED) is 0.293. The van der Waals surface area contributed by atoms with Crippen LogP contribution < -0.4 is 10.1 Å². The van der Waals surface area contributed by atoms with Gasteiger partial charge in [0.15, 0.2) is 0 Å². The van der Waals surface area contributed by atoms with E-state index >= 15 is 0 Å². The highest BCUT2D eigenvalue weighted by Gasteiger charge is 2.65. The monoisotopic (exact) mass is 608 g/mol. The number of carbonyl (C=O) groups excluding carboxylic acids is 2. The van der Waals surface area contributed by atoms with Gasteiger partial charge in [0.2, 0.25) is 0 Å².